The van der Waals surface area contributed by atoms with Crippen molar-refractivity contribution in [1.82, 2.24) is 10.3 Å². The first kappa shape index (κ1) is 15.5. The van der Waals surface area contributed by atoms with Crippen molar-refractivity contribution < 1.29 is 0 Å². The summed E-state index contributed by atoms with van der Waals surface area (Å²) in [6.07, 6.45) is 3.47. The minimum atomic E-state index is 0.331. The Morgan fingerprint density at radius 2 is 1.90 bits per heavy atom. The lowest BCUT2D eigenvalue weighted by atomic mass is 9.79. The van der Waals surface area contributed by atoms with E-state index in [2.05, 4.69) is 57.3 Å². The van der Waals surface area contributed by atoms with Crippen molar-refractivity contribution in [2.75, 3.05) is 6.54 Å². The Labute approximate surface area is 126 Å². The average molecular weight is 290 g/mol. The summed E-state index contributed by atoms with van der Waals surface area (Å²) < 4.78 is 1.31. The minimum absolute atomic E-state index is 0.331. The highest BCUT2D eigenvalue weighted by Gasteiger charge is 2.28. The third-order valence-electron chi connectivity index (χ3n) is 4.25. The third-order valence-corrected chi connectivity index (χ3v) is 5.29. The summed E-state index contributed by atoms with van der Waals surface area (Å²) in [6, 6.07) is 8.99. The van der Waals surface area contributed by atoms with Crippen LogP contribution in [0.25, 0.3) is 10.2 Å². The smallest absolute Gasteiger partial charge is 0.0944 e. The van der Waals surface area contributed by atoms with Crippen LogP contribution in [0, 0.1) is 5.41 Å². The number of para-hydroxylation sites is 1. The number of nitrogens with zero attached hydrogens (tertiary/aromatic N) is 1. The molecule has 0 spiro atoms. The van der Waals surface area contributed by atoms with Gasteiger partial charge in [-0.15, -0.1) is 11.3 Å². The number of rotatable bonds is 7. The van der Waals surface area contributed by atoms with E-state index in [1.54, 1.807) is 0 Å². The van der Waals surface area contributed by atoms with E-state index in [1.165, 1.54) is 22.5 Å². The lowest BCUT2D eigenvalue weighted by molar-refractivity contribution is 0.239. The first-order chi connectivity index (χ1) is 9.58. The molecule has 2 rings (SSSR count). The molecule has 110 valence electrons. The monoisotopic (exact) mass is 290 g/mol. The topological polar surface area (TPSA) is 24.9 Å². The van der Waals surface area contributed by atoms with Crippen LogP contribution < -0.4 is 5.32 Å². The van der Waals surface area contributed by atoms with Gasteiger partial charge in [0, 0.05) is 19.0 Å². The molecular weight excluding hydrogens is 264 g/mol. The van der Waals surface area contributed by atoms with Gasteiger partial charge in [0.25, 0.3) is 0 Å². The molecule has 0 bridgehead atoms. The standard InChI is InChI=1S/C17H26N2S/c1-5-17(6-2,12-18-13(3)4)11-16-19-14-9-7-8-10-15(14)20-16/h7-10,13,18H,5-6,11-12H2,1-4H3. The fourth-order valence-electron chi connectivity index (χ4n) is 2.55. The van der Waals surface area contributed by atoms with Crippen LogP contribution in [-0.2, 0) is 6.42 Å². The van der Waals surface area contributed by atoms with Crippen molar-refractivity contribution in [3.63, 3.8) is 0 Å². The zero-order valence-electron chi connectivity index (χ0n) is 13.1. The summed E-state index contributed by atoms with van der Waals surface area (Å²) in [6.45, 7) is 10.1. The van der Waals surface area contributed by atoms with Gasteiger partial charge in [0.05, 0.1) is 15.2 Å². The molecule has 0 saturated carbocycles. The van der Waals surface area contributed by atoms with Crippen molar-refractivity contribution in [2.24, 2.45) is 5.41 Å². The Morgan fingerprint density at radius 3 is 2.50 bits per heavy atom. The number of hydrogen-bond acceptors (Lipinski definition) is 3. The molecule has 1 heterocycles. The summed E-state index contributed by atoms with van der Waals surface area (Å²) in [5.74, 6) is 0. The minimum Gasteiger partial charge on any atom is -0.314 e. The number of nitrogens with one attached hydrogen (secondary N) is 1. The predicted molar refractivity (Wildman–Crippen MR) is 89.5 cm³/mol. The molecule has 0 atom stereocenters. The van der Waals surface area contributed by atoms with Gasteiger partial charge >= 0.3 is 0 Å². The van der Waals surface area contributed by atoms with Gasteiger partial charge in [-0.1, -0.05) is 39.8 Å². The van der Waals surface area contributed by atoms with Crippen LogP contribution in [0.1, 0.15) is 45.5 Å². The van der Waals surface area contributed by atoms with Gasteiger partial charge in [0.1, 0.15) is 0 Å². The zero-order valence-corrected chi connectivity index (χ0v) is 13.9. The summed E-state index contributed by atoms with van der Waals surface area (Å²) in [7, 11) is 0. The third kappa shape index (κ3) is 3.58. The molecule has 2 nitrogen and oxygen atoms in total. The van der Waals surface area contributed by atoms with Gasteiger partial charge in [-0.25, -0.2) is 4.98 Å². The highest BCUT2D eigenvalue weighted by atomic mass is 32.1. The first-order valence-electron chi connectivity index (χ1n) is 7.66. The van der Waals surface area contributed by atoms with Crippen LogP contribution in [0.15, 0.2) is 24.3 Å². The van der Waals surface area contributed by atoms with Gasteiger partial charge in [0.15, 0.2) is 0 Å². The van der Waals surface area contributed by atoms with Crippen LogP contribution in [0.2, 0.25) is 0 Å². The first-order valence-corrected chi connectivity index (χ1v) is 8.48. The second kappa shape index (κ2) is 6.68. The second-order valence-corrected chi connectivity index (χ2v) is 7.11. The Hall–Kier alpha value is -0.930. The fourth-order valence-corrected chi connectivity index (χ4v) is 3.69. The van der Waals surface area contributed by atoms with E-state index >= 15 is 0 Å². The summed E-state index contributed by atoms with van der Waals surface area (Å²) >= 11 is 1.85. The molecule has 0 radical (unpaired) electrons. The number of fused-ring (bicyclic) bond motifs is 1. The summed E-state index contributed by atoms with van der Waals surface area (Å²) in [4.78, 5) is 4.81. The fraction of sp³-hybridized carbons (Fsp3) is 0.588. The van der Waals surface area contributed by atoms with E-state index in [-0.39, 0.29) is 0 Å². The normalized spacial score (nSPS) is 12.4. The molecule has 1 aromatic heterocycles. The maximum atomic E-state index is 4.81. The van der Waals surface area contributed by atoms with Crippen molar-refractivity contribution >= 4 is 21.6 Å². The Morgan fingerprint density at radius 1 is 1.20 bits per heavy atom. The lowest BCUT2D eigenvalue weighted by Gasteiger charge is -2.32. The Kier molecular flexibility index (Phi) is 5.17. The maximum absolute atomic E-state index is 4.81. The molecule has 1 aromatic carbocycles. The molecule has 2 aromatic rings. The van der Waals surface area contributed by atoms with Crippen molar-refractivity contribution in [2.45, 2.75) is 53.0 Å². The van der Waals surface area contributed by atoms with E-state index in [9.17, 15) is 0 Å². The van der Waals surface area contributed by atoms with Gasteiger partial charge < -0.3 is 5.32 Å². The van der Waals surface area contributed by atoms with Gasteiger partial charge in [-0.3, -0.25) is 0 Å². The van der Waals surface area contributed by atoms with Gasteiger partial charge in [-0.2, -0.15) is 0 Å². The quantitative estimate of drug-likeness (QED) is 0.803. The SMILES string of the molecule is CCC(CC)(CNC(C)C)Cc1nc2ccccc2s1. The molecule has 3 heteroatoms. The van der Waals surface area contributed by atoms with Crippen LogP contribution in [-0.4, -0.2) is 17.6 Å². The average Bonchev–Trinajstić information content (AvgIpc) is 2.85. The van der Waals surface area contributed by atoms with Crippen LogP contribution in [0.3, 0.4) is 0 Å². The molecule has 0 aliphatic heterocycles. The summed E-state index contributed by atoms with van der Waals surface area (Å²) in [5.41, 5.74) is 1.48. The molecule has 0 fully saturated rings. The molecule has 1 N–H and O–H groups in total. The van der Waals surface area contributed by atoms with Crippen molar-refractivity contribution in [3.8, 4) is 0 Å². The van der Waals surface area contributed by atoms with E-state index in [0.717, 1.165) is 18.5 Å². The van der Waals surface area contributed by atoms with Gasteiger partial charge in [0.2, 0.25) is 0 Å². The van der Waals surface area contributed by atoms with E-state index in [1.807, 2.05) is 11.3 Å². The second-order valence-electron chi connectivity index (χ2n) is 5.99. The highest BCUT2D eigenvalue weighted by molar-refractivity contribution is 7.18. The highest BCUT2D eigenvalue weighted by Crippen LogP contribution is 2.33. The number of aromatic nitrogens is 1. The number of thiazole rings is 1. The van der Waals surface area contributed by atoms with Crippen molar-refractivity contribution in [3.05, 3.63) is 29.3 Å². The lowest BCUT2D eigenvalue weighted by Crippen LogP contribution is -2.38. The molecule has 0 saturated heterocycles. The van der Waals surface area contributed by atoms with Crippen LogP contribution >= 0.6 is 11.3 Å². The molecule has 0 unspecified atom stereocenters. The zero-order chi connectivity index (χ0) is 14.6. The van der Waals surface area contributed by atoms with Crippen LogP contribution in [0.4, 0.5) is 0 Å². The van der Waals surface area contributed by atoms with Gasteiger partial charge in [-0.05, 0) is 30.4 Å². The summed E-state index contributed by atoms with van der Waals surface area (Å²) in [5, 5.41) is 4.90. The van der Waals surface area contributed by atoms with Crippen molar-refractivity contribution in [1.29, 1.82) is 0 Å². The Bertz CT molecular complexity index is 508. The largest absolute Gasteiger partial charge is 0.314 e. The molecule has 0 amide bonds. The number of hydrogen-bond donors (Lipinski definition) is 1. The number of benzene rings is 1. The molecular formula is C17H26N2S. The predicted octanol–water partition coefficient (Wildman–Crippen LogP) is 4.64. The van der Waals surface area contributed by atoms with E-state index in [0.29, 0.717) is 11.5 Å². The molecule has 0 aliphatic carbocycles. The van der Waals surface area contributed by atoms with E-state index < -0.39 is 0 Å². The van der Waals surface area contributed by atoms with Crippen LogP contribution in [0.5, 0.6) is 0 Å². The van der Waals surface area contributed by atoms with E-state index in [4.69, 9.17) is 4.98 Å². The molecule has 20 heavy (non-hydrogen) atoms. The Balaban J connectivity index is 2.18. The maximum Gasteiger partial charge on any atom is 0.0944 e. The molecule has 0 aliphatic rings.